The Bertz CT molecular complexity index is 1010. The van der Waals surface area contributed by atoms with Crippen LogP contribution in [-0.4, -0.2) is 20.9 Å². The third kappa shape index (κ3) is 3.80. The zero-order valence-electron chi connectivity index (χ0n) is 15.2. The van der Waals surface area contributed by atoms with E-state index >= 15 is 0 Å². The first-order chi connectivity index (χ1) is 12.5. The van der Waals surface area contributed by atoms with Gasteiger partial charge in [-0.05, 0) is 36.2 Å². The second kappa shape index (κ2) is 6.60. The van der Waals surface area contributed by atoms with Crippen LogP contribution >= 0.6 is 0 Å². The highest BCUT2D eigenvalue weighted by atomic mass is 32.2. The highest BCUT2D eigenvalue weighted by Gasteiger charge is 2.32. The molecule has 0 aliphatic carbocycles. The van der Waals surface area contributed by atoms with E-state index in [0.29, 0.717) is 24.7 Å². The molecule has 0 spiro atoms. The largest absolute Gasteiger partial charge is 0.311 e. The fourth-order valence-corrected chi connectivity index (χ4v) is 4.07. The summed E-state index contributed by atoms with van der Waals surface area (Å²) in [5, 5.41) is 0. The Morgan fingerprint density at radius 3 is 2.44 bits per heavy atom. The molecule has 27 heavy (non-hydrogen) atoms. The Morgan fingerprint density at radius 2 is 1.81 bits per heavy atom. The minimum atomic E-state index is -4.24. The lowest BCUT2D eigenvalue weighted by Gasteiger charge is -2.26. The molecule has 0 radical (unpaired) electrons. The number of amides is 1. The first kappa shape index (κ1) is 19.3. The van der Waals surface area contributed by atoms with Gasteiger partial charge >= 0.3 is 0 Å². The minimum absolute atomic E-state index is 0.0640. The SMILES string of the molecule is CC(C)(C)C(=O)N1CCc2ccc(NS(=O)(=O)c3ccc(F)cc3F)cc21. The van der Waals surface area contributed by atoms with E-state index in [9.17, 15) is 22.0 Å². The first-order valence-electron chi connectivity index (χ1n) is 8.42. The third-order valence-corrected chi connectivity index (χ3v) is 5.72. The molecule has 144 valence electrons. The summed E-state index contributed by atoms with van der Waals surface area (Å²) in [6.07, 6.45) is 0.677. The van der Waals surface area contributed by atoms with Crippen LogP contribution in [0, 0.1) is 17.0 Å². The van der Waals surface area contributed by atoms with Crippen LogP contribution in [0.3, 0.4) is 0 Å². The number of nitrogens with zero attached hydrogens (tertiary/aromatic N) is 1. The molecule has 5 nitrogen and oxygen atoms in total. The maximum atomic E-state index is 13.9. The number of nitrogens with one attached hydrogen (secondary N) is 1. The molecule has 1 heterocycles. The summed E-state index contributed by atoms with van der Waals surface area (Å²) in [7, 11) is -4.24. The van der Waals surface area contributed by atoms with Crippen molar-refractivity contribution in [2.45, 2.75) is 32.1 Å². The molecule has 0 fully saturated rings. The Hall–Kier alpha value is -2.48. The van der Waals surface area contributed by atoms with E-state index in [1.807, 2.05) is 20.8 Å². The maximum absolute atomic E-state index is 13.9. The number of hydrogen-bond acceptors (Lipinski definition) is 3. The van der Waals surface area contributed by atoms with Gasteiger partial charge in [0.15, 0.2) is 0 Å². The average molecular weight is 394 g/mol. The lowest BCUT2D eigenvalue weighted by atomic mass is 9.94. The number of sulfonamides is 1. The van der Waals surface area contributed by atoms with Crippen LogP contribution in [0.4, 0.5) is 20.2 Å². The molecule has 0 bridgehead atoms. The van der Waals surface area contributed by atoms with Gasteiger partial charge in [-0.25, -0.2) is 17.2 Å². The Morgan fingerprint density at radius 1 is 1.11 bits per heavy atom. The molecule has 0 aromatic heterocycles. The van der Waals surface area contributed by atoms with E-state index in [4.69, 9.17) is 0 Å². The second-order valence-corrected chi connectivity index (χ2v) is 9.13. The van der Waals surface area contributed by atoms with Gasteiger partial charge in [0.2, 0.25) is 5.91 Å². The molecular formula is C19H20F2N2O3S. The van der Waals surface area contributed by atoms with E-state index in [0.717, 1.165) is 17.7 Å². The fraction of sp³-hybridized carbons (Fsp3) is 0.316. The van der Waals surface area contributed by atoms with E-state index < -0.39 is 32.0 Å². The Balaban J connectivity index is 1.93. The molecule has 0 atom stereocenters. The quantitative estimate of drug-likeness (QED) is 0.863. The van der Waals surface area contributed by atoms with E-state index in [2.05, 4.69) is 4.72 Å². The van der Waals surface area contributed by atoms with Crippen LogP contribution < -0.4 is 9.62 Å². The summed E-state index contributed by atoms with van der Waals surface area (Å²) in [6.45, 7) is 5.97. The third-order valence-electron chi connectivity index (χ3n) is 4.30. The molecule has 1 aliphatic heterocycles. The minimum Gasteiger partial charge on any atom is -0.311 e. The van der Waals surface area contributed by atoms with Gasteiger partial charge in [-0.15, -0.1) is 0 Å². The van der Waals surface area contributed by atoms with Crippen LogP contribution in [0.25, 0.3) is 0 Å². The number of halogens is 2. The molecular weight excluding hydrogens is 374 g/mol. The molecule has 2 aromatic carbocycles. The summed E-state index contributed by atoms with van der Waals surface area (Å²) in [4.78, 5) is 13.6. The molecule has 2 aromatic rings. The summed E-state index contributed by atoms with van der Waals surface area (Å²) in [5.41, 5.74) is 1.19. The van der Waals surface area contributed by atoms with Crippen LogP contribution in [0.1, 0.15) is 26.3 Å². The van der Waals surface area contributed by atoms with Gasteiger partial charge < -0.3 is 4.90 Å². The normalized spacial score (nSPS) is 14.2. The molecule has 0 unspecified atom stereocenters. The van der Waals surface area contributed by atoms with E-state index in [1.54, 1.807) is 23.1 Å². The average Bonchev–Trinajstić information content (AvgIpc) is 2.95. The van der Waals surface area contributed by atoms with Gasteiger partial charge in [0.05, 0.1) is 5.69 Å². The van der Waals surface area contributed by atoms with Crippen molar-refractivity contribution in [2.24, 2.45) is 5.41 Å². The predicted octanol–water partition coefficient (Wildman–Crippen LogP) is 3.70. The summed E-state index contributed by atoms with van der Waals surface area (Å²) < 4.78 is 54.1. The van der Waals surface area contributed by atoms with Crippen molar-refractivity contribution in [1.82, 2.24) is 0 Å². The van der Waals surface area contributed by atoms with Crippen molar-refractivity contribution in [1.29, 1.82) is 0 Å². The summed E-state index contributed by atoms with van der Waals surface area (Å²) in [6, 6.07) is 7.12. The number of carbonyl (C=O) groups excluding carboxylic acids is 1. The molecule has 0 saturated carbocycles. The van der Waals surface area contributed by atoms with E-state index in [1.165, 1.54) is 0 Å². The zero-order valence-corrected chi connectivity index (χ0v) is 16.0. The Kier molecular flexibility index (Phi) is 4.71. The Labute approximate surface area is 157 Å². The second-order valence-electron chi connectivity index (χ2n) is 7.48. The van der Waals surface area contributed by atoms with Crippen molar-refractivity contribution < 1.29 is 22.0 Å². The van der Waals surface area contributed by atoms with Crippen molar-refractivity contribution in [3.8, 4) is 0 Å². The molecule has 1 N–H and O–H groups in total. The van der Waals surface area contributed by atoms with Crippen molar-refractivity contribution in [3.05, 3.63) is 53.6 Å². The lowest BCUT2D eigenvalue weighted by molar-refractivity contribution is -0.125. The number of hydrogen-bond donors (Lipinski definition) is 1. The van der Waals surface area contributed by atoms with Gasteiger partial charge in [0.25, 0.3) is 10.0 Å². The van der Waals surface area contributed by atoms with Gasteiger partial charge in [-0.3, -0.25) is 9.52 Å². The number of carbonyl (C=O) groups is 1. The van der Waals surface area contributed by atoms with Crippen molar-refractivity contribution in [3.63, 3.8) is 0 Å². The number of fused-ring (bicyclic) bond motifs is 1. The summed E-state index contributed by atoms with van der Waals surface area (Å²) in [5.74, 6) is -2.10. The van der Waals surface area contributed by atoms with Gasteiger partial charge in [0, 0.05) is 23.7 Å². The lowest BCUT2D eigenvalue weighted by Crippen LogP contribution is -2.38. The zero-order chi connectivity index (χ0) is 20.0. The molecule has 1 amide bonds. The monoisotopic (exact) mass is 394 g/mol. The van der Waals surface area contributed by atoms with Crippen molar-refractivity contribution >= 4 is 27.3 Å². The molecule has 3 rings (SSSR count). The number of anilines is 2. The van der Waals surface area contributed by atoms with Crippen molar-refractivity contribution in [2.75, 3.05) is 16.2 Å². The van der Waals surface area contributed by atoms with E-state index in [-0.39, 0.29) is 11.6 Å². The van der Waals surface area contributed by atoms with Crippen LogP contribution in [0.2, 0.25) is 0 Å². The predicted molar refractivity (Wildman–Crippen MR) is 99.1 cm³/mol. The number of rotatable bonds is 3. The highest BCUT2D eigenvalue weighted by molar-refractivity contribution is 7.92. The smallest absolute Gasteiger partial charge is 0.264 e. The topological polar surface area (TPSA) is 66.5 Å². The van der Waals surface area contributed by atoms with Crippen LogP contribution in [-0.2, 0) is 21.2 Å². The number of benzene rings is 2. The van der Waals surface area contributed by atoms with Gasteiger partial charge in [0.1, 0.15) is 16.5 Å². The maximum Gasteiger partial charge on any atom is 0.264 e. The highest BCUT2D eigenvalue weighted by Crippen LogP contribution is 2.34. The molecule has 1 aliphatic rings. The van der Waals surface area contributed by atoms with Crippen LogP contribution in [0.5, 0.6) is 0 Å². The van der Waals surface area contributed by atoms with Gasteiger partial charge in [-0.2, -0.15) is 0 Å². The molecule has 0 saturated heterocycles. The molecule has 8 heteroatoms. The van der Waals surface area contributed by atoms with Gasteiger partial charge in [-0.1, -0.05) is 26.8 Å². The van der Waals surface area contributed by atoms with Crippen LogP contribution in [0.15, 0.2) is 41.3 Å². The standard InChI is InChI=1S/C19H20F2N2O3S/c1-19(2,3)18(24)23-9-8-12-4-6-14(11-16(12)23)22-27(25,26)17-7-5-13(20)10-15(17)21/h4-7,10-11,22H,8-9H2,1-3H3. The fourth-order valence-electron chi connectivity index (χ4n) is 2.96. The first-order valence-corrected chi connectivity index (χ1v) is 9.90. The summed E-state index contributed by atoms with van der Waals surface area (Å²) >= 11 is 0.